The smallest absolute Gasteiger partial charge is 0.321 e. The number of carbonyl (C=O) groups is 1. The Balaban J connectivity index is 1.46. The van der Waals surface area contributed by atoms with Crippen molar-refractivity contribution >= 4 is 23.0 Å². The molecule has 1 aliphatic rings. The van der Waals surface area contributed by atoms with Crippen molar-refractivity contribution < 1.29 is 9.53 Å². The maximum Gasteiger partial charge on any atom is 0.321 e. The predicted octanol–water partition coefficient (Wildman–Crippen LogP) is 2.04. The van der Waals surface area contributed by atoms with Crippen molar-refractivity contribution in [2.24, 2.45) is 5.92 Å². The van der Waals surface area contributed by atoms with Crippen molar-refractivity contribution in [1.29, 1.82) is 0 Å². The van der Waals surface area contributed by atoms with Gasteiger partial charge in [0, 0.05) is 26.2 Å². The number of H-pyrrole nitrogens is 1. The van der Waals surface area contributed by atoms with Crippen molar-refractivity contribution in [3.8, 4) is 0 Å². The van der Waals surface area contributed by atoms with Gasteiger partial charge in [-0.05, 0) is 18.1 Å². The Labute approximate surface area is 141 Å². The fourth-order valence-electron chi connectivity index (χ4n) is 2.96. The number of nitrogens with one attached hydrogen (secondary N) is 3. The topological polar surface area (TPSA) is 82.3 Å². The number of nitrogens with zero attached hydrogens (tertiary/aromatic N) is 2. The van der Waals surface area contributed by atoms with Gasteiger partial charge in [0.2, 0.25) is 5.95 Å². The third kappa shape index (κ3) is 4.46. The van der Waals surface area contributed by atoms with Crippen molar-refractivity contribution in [1.82, 2.24) is 20.2 Å². The molecule has 2 aromatic rings. The van der Waals surface area contributed by atoms with Crippen LogP contribution in [0.2, 0.25) is 0 Å². The lowest BCUT2D eigenvalue weighted by atomic mass is 10.2. The maximum atomic E-state index is 12.0. The molecule has 0 spiro atoms. The molecular weight excluding hydrogens is 306 g/mol. The van der Waals surface area contributed by atoms with Crippen LogP contribution in [-0.2, 0) is 4.74 Å². The monoisotopic (exact) mass is 331 g/mol. The molecule has 1 aromatic heterocycles. The maximum absolute atomic E-state index is 12.0. The summed E-state index contributed by atoms with van der Waals surface area (Å²) >= 11 is 0. The average Bonchev–Trinajstić information content (AvgIpc) is 2.95. The van der Waals surface area contributed by atoms with E-state index in [1.165, 1.54) is 0 Å². The number of urea groups is 1. The van der Waals surface area contributed by atoms with Crippen LogP contribution in [0.5, 0.6) is 0 Å². The highest BCUT2D eigenvalue weighted by Crippen LogP contribution is 2.13. The highest BCUT2D eigenvalue weighted by atomic mass is 16.5. The zero-order valence-electron chi connectivity index (χ0n) is 14.2. The second-order valence-corrected chi connectivity index (χ2v) is 6.58. The minimum absolute atomic E-state index is 0.0268. The number of hydrogen-bond acceptors (Lipinski definition) is 4. The van der Waals surface area contributed by atoms with Gasteiger partial charge in [-0.15, -0.1) is 0 Å². The summed E-state index contributed by atoms with van der Waals surface area (Å²) < 4.78 is 5.73. The number of fused-ring (bicyclic) bond motifs is 1. The van der Waals surface area contributed by atoms with Gasteiger partial charge < -0.3 is 15.0 Å². The van der Waals surface area contributed by atoms with E-state index in [4.69, 9.17) is 4.74 Å². The molecule has 7 nitrogen and oxygen atoms in total. The number of rotatable bonds is 5. The first-order valence-corrected chi connectivity index (χ1v) is 8.43. The highest BCUT2D eigenvalue weighted by Gasteiger charge is 2.21. The van der Waals surface area contributed by atoms with Gasteiger partial charge in [-0.3, -0.25) is 10.2 Å². The molecule has 0 unspecified atom stereocenters. The van der Waals surface area contributed by atoms with Crippen molar-refractivity contribution in [2.45, 2.75) is 20.0 Å². The summed E-state index contributed by atoms with van der Waals surface area (Å²) in [6, 6.07) is 7.38. The summed E-state index contributed by atoms with van der Waals surface area (Å²) in [7, 11) is 0. The standard InChI is InChI=1S/C17H25N5O2/c1-12(2)10-22-7-8-24-13(11-22)9-18-17(23)21-16-19-14-5-3-4-6-15(14)20-16/h3-6,12-13H,7-11H2,1-2H3,(H3,18,19,20,21,23)/t13-/m0/s1. The zero-order valence-corrected chi connectivity index (χ0v) is 14.2. The van der Waals surface area contributed by atoms with Crippen LogP contribution in [0, 0.1) is 5.92 Å². The van der Waals surface area contributed by atoms with Crippen LogP contribution in [0.1, 0.15) is 13.8 Å². The summed E-state index contributed by atoms with van der Waals surface area (Å²) in [5.41, 5.74) is 1.72. The second-order valence-electron chi connectivity index (χ2n) is 6.58. The first-order chi connectivity index (χ1) is 11.6. The molecule has 0 bridgehead atoms. The first kappa shape index (κ1) is 16.7. The van der Waals surface area contributed by atoms with Crippen LogP contribution in [0.15, 0.2) is 24.3 Å². The molecule has 1 aromatic carbocycles. The summed E-state index contributed by atoms with van der Waals surface area (Å²) in [5.74, 6) is 1.08. The van der Waals surface area contributed by atoms with Gasteiger partial charge in [0.15, 0.2) is 0 Å². The van der Waals surface area contributed by atoms with E-state index in [0.29, 0.717) is 25.0 Å². The lowest BCUT2D eigenvalue weighted by Crippen LogP contribution is -2.48. The quantitative estimate of drug-likeness (QED) is 0.783. The molecule has 2 heterocycles. The molecule has 0 saturated carbocycles. The number of amides is 2. The van der Waals surface area contributed by atoms with E-state index in [0.717, 1.165) is 30.7 Å². The summed E-state index contributed by atoms with van der Waals surface area (Å²) in [4.78, 5) is 21.8. The number of ether oxygens (including phenoxy) is 1. The third-order valence-electron chi connectivity index (χ3n) is 3.96. The van der Waals surface area contributed by atoms with Crippen LogP contribution in [0.3, 0.4) is 0 Å². The van der Waals surface area contributed by atoms with E-state index in [9.17, 15) is 4.79 Å². The van der Waals surface area contributed by atoms with E-state index >= 15 is 0 Å². The number of morpholine rings is 1. The van der Waals surface area contributed by atoms with E-state index in [1.807, 2.05) is 24.3 Å². The molecule has 0 radical (unpaired) electrons. The van der Waals surface area contributed by atoms with Crippen LogP contribution < -0.4 is 10.6 Å². The normalized spacial score (nSPS) is 18.9. The van der Waals surface area contributed by atoms with E-state index in [-0.39, 0.29) is 12.1 Å². The molecule has 1 aliphatic heterocycles. The van der Waals surface area contributed by atoms with Crippen LogP contribution in [0.25, 0.3) is 11.0 Å². The predicted molar refractivity (Wildman–Crippen MR) is 94.1 cm³/mol. The number of aromatic amines is 1. The molecule has 1 saturated heterocycles. The molecular formula is C17H25N5O2. The van der Waals surface area contributed by atoms with Crippen molar-refractivity contribution in [3.63, 3.8) is 0 Å². The molecule has 0 aliphatic carbocycles. The molecule has 130 valence electrons. The van der Waals surface area contributed by atoms with E-state index < -0.39 is 0 Å². The number of anilines is 1. The van der Waals surface area contributed by atoms with Gasteiger partial charge in [-0.2, -0.15) is 0 Å². The molecule has 1 atom stereocenters. The van der Waals surface area contributed by atoms with Crippen molar-refractivity contribution in [2.75, 3.05) is 38.1 Å². The van der Waals surface area contributed by atoms with Gasteiger partial charge in [-0.25, -0.2) is 9.78 Å². The van der Waals surface area contributed by atoms with E-state index in [2.05, 4.69) is 39.3 Å². The van der Waals surface area contributed by atoms with Gasteiger partial charge in [-0.1, -0.05) is 26.0 Å². The fraction of sp³-hybridized carbons (Fsp3) is 0.529. The molecule has 7 heteroatoms. The third-order valence-corrected chi connectivity index (χ3v) is 3.96. The number of aromatic nitrogens is 2. The number of imidazole rings is 1. The molecule has 3 N–H and O–H groups in total. The largest absolute Gasteiger partial charge is 0.374 e. The Morgan fingerprint density at radius 2 is 2.29 bits per heavy atom. The van der Waals surface area contributed by atoms with Gasteiger partial charge in [0.05, 0.1) is 23.7 Å². The average molecular weight is 331 g/mol. The Morgan fingerprint density at radius 1 is 1.46 bits per heavy atom. The highest BCUT2D eigenvalue weighted by molar-refractivity contribution is 5.89. The molecule has 24 heavy (non-hydrogen) atoms. The Bertz CT molecular complexity index is 651. The molecule has 3 rings (SSSR count). The Morgan fingerprint density at radius 3 is 3.08 bits per heavy atom. The minimum Gasteiger partial charge on any atom is -0.374 e. The van der Waals surface area contributed by atoms with Crippen molar-refractivity contribution in [3.05, 3.63) is 24.3 Å². The Hall–Kier alpha value is -2.12. The number of hydrogen-bond donors (Lipinski definition) is 3. The fourth-order valence-corrected chi connectivity index (χ4v) is 2.96. The van der Waals surface area contributed by atoms with Crippen LogP contribution >= 0.6 is 0 Å². The molecule has 1 fully saturated rings. The van der Waals surface area contributed by atoms with Crippen LogP contribution in [0.4, 0.5) is 10.7 Å². The van der Waals surface area contributed by atoms with Gasteiger partial charge in [0.25, 0.3) is 0 Å². The zero-order chi connectivity index (χ0) is 16.9. The van der Waals surface area contributed by atoms with Gasteiger partial charge >= 0.3 is 6.03 Å². The first-order valence-electron chi connectivity index (χ1n) is 8.43. The van der Waals surface area contributed by atoms with E-state index in [1.54, 1.807) is 0 Å². The summed E-state index contributed by atoms with van der Waals surface area (Å²) in [5, 5.41) is 5.59. The summed E-state index contributed by atoms with van der Waals surface area (Å²) in [6.07, 6.45) is 0.0268. The van der Waals surface area contributed by atoms with Crippen LogP contribution in [-0.4, -0.2) is 59.8 Å². The number of para-hydroxylation sites is 2. The minimum atomic E-state index is -0.279. The van der Waals surface area contributed by atoms with Gasteiger partial charge in [0.1, 0.15) is 0 Å². The molecule has 2 amide bonds. The lowest BCUT2D eigenvalue weighted by molar-refractivity contribution is -0.0288. The number of carbonyl (C=O) groups excluding carboxylic acids is 1. The Kier molecular flexibility index (Phi) is 5.32. The summed E-state index contributed by atoms with van der Waals surface area (Å²) in [6.45, 7) is 8.49. The lowest BCUT2D eigenvalue weighted by Gasteiger charge is -2.33. The second kappa shape index (κ2) is 7.63. The number of benzene rings is 1. The SMILES string of the molecule is CC(C)CN1CCO[C@@H](CNC(=O)Nc2nc3ccccc3[nH]2)C1.